The molecule has 4 aliphatic carbocycles. The second-order valence-electron chi connectivity index (χ2n) is 14.0. The molecule has 4 aliphatic rings. The van der Waals surface area contributed by atoms with Crippen LogP contribution in [0.25, 0.3) is 0 Å². The van der Waals surface area contributed by atoms with Crippen molar-refractivity contribution in [3.63, 3.8) is 0 Å². The molecule has 206 valence electrons. The minimum atomic E-state index is -0.790. The molecule has 0 saturated heterocycles. The molecule has 5 heteroatoms. The van der Waals surface area contributed by atoms with E-state index in [0.29, 0.717) is 18.8 Å². The van der Waals surface area contributed by atoms with Crippen molar-refractivity contribution in [1.82, 2.24) is 0 Å². The third-order valence-corrected chi connectivity index (χ3v) is 11.3. The van der Waals surface area contributed by atoms with Gasteiger partial charge >= 0.3 is 11.9 Å². The lowest BCUT2D eigenvalue weighted by atomic mass is 9.44. The molecule has 2 saturated carbocycles. The summed E-state index contributed by atoms with van der Waals surface area (Å²) < 4.78 is 5.79. The van der Waals surface area contributed by atoms with Crippen LogP contribution in [0.3, 0.4) is 0 Å². The van der Waals surface area contributed by atoms with Gasteiger partial charge in [-0.2, -0.15) is 0 Å². The zero-order valence-corrected chi connectivity index (χ0v) is 24.2. The molecule has 0 heterocycles. The molecule has 8 atom stereocenters. The second kappa shape index (κ2) is 9.39. The van der Waals surface area contributed by atoms with Gasteiger partial charge in [-0.05, 0) is 86.7 Å². The van der Waals surface area contributed by atoms with Crippen molar-refractivity contribution in [2.75, 3.05) is 0 Å². The van der Waals surface area contributed by atoms with E-state index in [-0.39, 0.29) is 39.7 Å². The van der Waals surface area contributed by atoms with Gasteiger partial charge in [-0.3, -0.25) is 9.59 Å². The van der Waals surface area contributed by atoms with Crippen molar-refractivity contribution < 1.29 is 24.5 Å². The van der Waals surface area contributed by atoms with Crippen LogP contribution in [0.5, 0.6) is 0 Å². The Morgan fingerprint density at radius 3 is 2.38 bits per heavy atom. The Balaban J connectivity index is 1.71. The van der Waals surface area contributed by atoms with E-state index in [1.807, 2.05) is 13.8 Å². The summed E-state index contributed by atoms with van der Waals surface area (Å²) in [5.41, 5.74) is 3.12. The van der Waals surface area contributed by atoms with Gasteiger partial charge in [0.15, 0.2) is 0 Å². The van der Waals surface area contributed by atoms with E-state index in [1.54, 1.807) is 0 Å². The number of ether oxygens (including phenoxy) is 1. The first kappa shape index (κ1) is 28.1. The van der Waals surface area contributed by atoms with Crippen LogP contribution in [0.1, 0.15) is 100 Å². The smallest absolute Gasteiger partial charge is 0.306 e. The number of carbonyl (C=O) groups excluding carboxylic acids is 1. The number of carboxylic acid groups (broad SMARTS) is 1. The fourth-order valence-electron chi connectivity index (χ4n) is 9.22. The molecule has 5 nitrogen and oxygen atoms in total. The SMILES string of the molecule is CC(=O)O[C@H]1CC[C@]2(C)C3=CC[C@]4(C)[C@@H]([C@@H](CCC=C(C)C)C(=O)O)[C@H](O)C[C@@]4(C)C3=CC[C@H]2C1(C)C. The number of fused-ring (bicyclic) bond motifs is 5. The molecule has 0 aliphatic heterocycles. The molecular weight excluding hydrogens is 464 g/mol. The lowest BCUT2D eigenvalue weighted by Crippen LogP contribution is -2.55. The van der Waals surface area contributed by atoms with Gasteiger partial charge in [0.05, 0.1) is 12.0 Å². The van der Waals surface area contributed by atoms with Crippen molar-refractivity contribution in [3.8, 4) is 0 Å². The van der Waals surface area contributed by atoms with Gasteiger partial charge in [0.2, 0.25) is 0 Å². The van der Waals surface area contributed by atoms with Crippen LogP contribution < -0.4 is 0 Å². The van der Waals surface area contributed by atoms with E-state index in [2.05, 4.69) is 52.8 Å². The zero-order chi connectivity index (χ0) is 27.6. The van der Waals surface area contributed by atoms with Crippen molar-refractivity contribution in [1.29, 1.82) is 0 Å². The first-order chi connectivity index (χ1) is 17.1. The summed E-state index contributed by atoms with van der Waals surface area (Å²) in [6.07, 6.45) is 11.5. The fourth-order valence-corrected chi connectivity index (χ4v) is 9.22. The van der Waals surface area contributed by atoms with Crippen molar-refractivity contribution in [3.05, 3.63) is 34.9 Å². The number of aliphatic hydroxyl groups is 1. The average Bonchev–Trinajstić information content (AvgIpc) is 2.98. The van der Waals surface area contributed by atoms with Crippen LogP contribution >= 0.6 is 0 Å². The number of hydrogen-bond acceptors (Lipinski definition) is 4. The van der Waals surface area contributed by atoms with Crippen LogP contribution in [0.15, 0.2) is 34.9 Å². The van der Waals surface area contributed by atoms with E-state index in [0.717, 1.165) is 32.1 Å². The molecule has 37 heavy (non-hydrogen) atoms. The predicted molar refractivity (Wildman–Crippen MR) is 146 cm³/mol. The summed E-state index contributed by atoms with van der Waals surface area (Å²) in [5.74, 6) is -1.52. The summed E-state index contributed by atoms with van der Waals surface area (Å²) >= 11 is 0. The largest absolute Gasteiger partial charge is 0.481 e. The van der Waals surface area contributed by atoms with E-state index in [4.69, 9.17) is 4.74 Å². The second-order valence-corrected chi connectivity index (χ2v) is 14.0. The molecule has 0 amide bonds. The number of aliphatic carboxylic acids is 1. The molecule has 0 bridgehead atoms. The topological polar surface area (TPSA) is 83.8 Å². The monoisotopic (exact) mass is 512 g/mol. The Kier molecular flexibility index (Phi) is 7.14. The number of aliphatic hydroxyl groups excluding tert-OH is 1. The number of allylic oxidation sites excluding steroid dienone is 6. The minimum absolute atomic E-state index is 0.0345. The standard InChI is InChI=1S/C32H48O5/c1-19(2)10-9-11-21(28(35)36)27-24(34)18-32(8)23-12-13-25-29(4,5)26(37-20(3)33)15-16-30(25,6)22(23)14-17-31(27,32)7/h10,12,14,21,24-27,34H,9,11,13,15-18H2,1-8H3,(H,35,36)/t21-,24-,25+,26+,27+,30-,31-,32+/m1/s1. The summed E-state index contributed by atoms with van der Waals surface area (Å²) in [6, 6.07) is 0. The molecule has 4 rings (SSSR count). The predicted octanol–water partition coefficient (Wildman–Crippen LogP) is 6.86. The normalized spacial score (nSPS) is 40.8. The number of rotatable bonds is 6. The van der Waals surface area contributed by atoms with Gasteiger partial charge in [0.25, 0.3) is 0 Å². The molecule has 2 N–H and O–H groups in total. The van der Waals surface area contributed by atoms with Crippen LogP contribution in [0.4, 0.5) is 0 Å². The Labute approximate surface area is 223 Å². The van der Waals surface area contributed by atoms with Gasteiger partial charge < -0.3 is 14.9 Å². The van der Waals surface area contributed by atoms with Crippen LogP contribution in [-0.2, 0) is 14.3 Å². The van der Waals surface area contributed by atoms with Crippen LogP contribution in [0.2, 0.25) is 0 Å². The maximum absolute atomic E-state index is 12.5. The van der Waals surface area contributed by atoms with E-state index in [1.165, 1.54) is 23.6 Å². The maximum Gasteiger partial charge on any atom is 0.306 e. The van der Waals surface area contributed by atoms with Crippen molar-refractivity contribution in [2.45, 2.75) is 113 Å². The van der Waals surface area contributed by atoms with Crippen LogP contribution in [-0.4, -0.2) is 34.4 Å². The lowest BCUT2D eigenvalue weighted by Gasteiger charge is -2.61. The number of hydrogen-bond donors (Lipinski definition) is 2. The van der Waals surface area contributed by atoms with Crippen LogP contribution in [0, 0.1) is 39.4 Å². The molecule has 0 unspecified atom stereocenters. The number of carboxylic acids is 1. The summed E-state index contributed by atoms with van der Waals surface area (Å²) in [5, 5.41) is 21.8. The summed E-state index contributed by atoms with van der Waals surface area (Å²) in [4.78, 5) is 24.4. The third kappa shape index (κ3) is 4.24. The molecule has 0 radical (unpaired) electrons. The fraction of sp³-hybridized carbons (Fsp3) is 0.750. The highest BCUT2D eigenvalue weighted by atomic mass is 16.5. The lowest BCUT2D eigenvalue weighted by molar-refractivity contribution is -0.165. The van der Waals surface area contributed by atoms with Crippen molar-refractivity contribution >= 4 is 11.9 Å². The van der Waals surface area contributed by atoms with Gasteiger partial charge in [-0.25, -0.2) is 0 Å². The Bertz CT molecular complexity index is 1050. The van der Waals surface area contributed by atoms with Gasteiger partial charge in [0, 0.05) is 23.7 Å². The Morgan fingerprint density at radius 1 is 1.11 bits per heavy atom. The first-order valence-corrected chi connectivity index (χ1v) is 14.2. The molecule has 0 aromatic heterocycles. The van der Waals surface area contributed by atoms with Crippen molar-refractivity contribution in [2.24, 2.45) is 39.4 Å². The molecular formula is C32H48O5. The highest BCUT2D eigenvalue weighted by molar-refractivity contribution is 5.71. The Hall–Kier alpha value is -1.88. The van der Waals surface area contributed by atoms with E-state index < -0.39 is 18.0 Å². The first-order valence-electron chi connectivity index (χ1n) is 14.2. The zero-order valence-electron chi connectivity index (χ0n) is 24.2. The number of carbonyl (C=O) groups is 2. The van der Waals surface area contributed by atoms with Gasteiger partial charge in [-0.1, -0.05) is 58.4 Å². The van der Waals surface area contributed by atoms with Gasteiger partial charge in [0.1, 0.15) is 6.10 Å². The highest BCUT2D eigenvalue weighted by Crippen LogP contribution is 2.71. The highest BCUT2D eigenvalue weighted by Gasteiger charge is 2.66. The third-order valence-electron chi connectivity index (χ3n) is 11.3. The number of esters is 1. The summed E-state index contributed by atoms with van der Waals surface area (Å²) in [7, 11) is 0. The Morgan fingerprint density at radius 2 is 1.78 bits per heavy atom. The van der Waals surface area contributed by atoms with E-state index in [9.17, 15) is 19.8 Å². The summed E-state index contributed by atoms with van der Waals surface area (Å²) in [6.45, 7) is 17.0. The molecule has 0 aromatic carbocycles. The molecule has 0 aromatic rings. The average molecular weight is 513 g/mol. The quantitative estimate of drug-likeness (QED) is 0.300. The molecule has 0 spiro atoms. The maximum atomic E-state index is 12.5. The molecule has 2 fully saturated rings. The van der Waals surface area contributed by atoms with Gasteiger partial charge in [-0.15, -0.1) is 0 Å². The van der Waals surface area contributed by atoms with E-state index >= 15 is 0 Å². The minimum Gasteiger partial charge on any atom is -0.481 e.